The van der Waals surface area contributed by atoms with Gasteiger partial charge in [-0.3, -0.25) is 80.0 Å². The van der Waals surface area contributed by atoms with E-state index >= 15 is 0 Å². The summed E-state index contributed by atoms with van der Waals surface area (Å²) >= 11 is 12.1. The van der Waals surface area contributed by atoms with Crippen LogP contribution in [-0.2, 0) is 67.8 Å². The number of benzene rings is 2. The monoisotopic (exact) mass is 1750 g/mol. The number of rotatable bonds is 18. The molecule has 624 valence electrons. The largest absolute Gasteiger partial charge is 0.484 e. The molecule has 0 saturated carbocycles. The summed E-state index contributed by atoms with van der Waals surface area (Å²) in [5.41, 5.74) is 22.7. The number of halogens is 2. The van der Waals surface area contributed by atoms with Crippen LogP contribution in [0.15, 0.2) is 110 Å². The summed E-state index contributed by atoms with van der Waals surface area (Å²) in [4.78, 5) is 91.2. The first-order chi connectivity index (χ1) is 56.6. The third kappa shape index (κ3) is 16.2. The number of hydrogen-bond donors (Lipinski definition) is 15. The van der Waals surface area contributed by atoms with Gasteiger partial charge in [0.05, 0.1) is 87.5 Å². The molecule has 50 nitrogen and oxygen atoms in total. The van der Waals surface area contributed by atoms with Gasteiger partial charge in [0.1, 0.15) is 60.9 Å². The van der Waals surface area contributed by atoms with E-state index in [1.807, 2.05) is 12.1 Å². The smallest absolute Gasteiger partial charge is 0.394 e. The zero-order valence-electron chi connectivity index (χ0n) is 60.3. The van der Waals surface area contributed by atoms with E-state index in [2.05, 4.69) is 94.3 Å². The molecule has 2 aromatic carbocycles. The molecule has 56 heteroatoms. The SMILES string of the molecule is Nc1nc2c(ncn2[C@@H]2O[C@H](Cc3cn([C@H]4[C@@H](O)[C@H](n5cnc6c(=O)[nH]c(N)nc65)O[C@@H]4CO)nn3)[C@@H](O)[C@H]2O)c(=O)[nH]1.Nc1nc2c(ncn2[C@@H]2O[C@H](Cc3cn([C@H]4[C@@H](O)[C@H](n5cnc6c(=O)[nH]c(N)nc65)O[C@@H]4COP4(=O)OCC[C@H](c5cccc(Cl)c5)O4)nn3)[C@@H](O)[C@H]2O)c(=O)[nH]1.O=P1(OP=NP)OCCC(c2cccc(Cl)c2)O1. The van der Waals surface area contributed by atoms with E-state index in [1.54, 1.807) is 36.4 Å². The Bertz CT molecular complexity index is 6130. The molecule has 21 atom stereocenters. The van der Waals surface area contributed by atoms with E-state index in [0.29, 0.717) is 40.8 Å². The predicted molar refractivity (Wildman–Crippen MR) is 408 cm³/mol. The number of imidazole rings is 4. The molecule has 12 aromatic rings. The van der Waals surface area contributed by atoms with Crippen molar-refractivity contribution in [3.05, 3.63) is 160 Å². The van der Waals surface area contributed by atoms with Gasteiger partial charge in [-0.2, -0.15) is 19.9 Å². The van der Waals surface area contributed by atoms with E-state index < -0.39 is 155 Å². The molecular weight excluding hydrogens is 1690 g/mol. The lowest BCUT2D eigenvalue weighted by atomic mass is 10.1. The average molecular weight is 1760 g/mol. The number of phosphoric acid groups is 2. The van der Waals surface area contributed by atoms with Crippen LogP contribution in [0.5, 0.6) is 0 Å². The molecule has 0 spiro atoms. The fraction of sp³-hybridized carbons (Fsp3) is 0.419. The number of aliphatic hydroxyl groups is 7. The summed E-state index contributed by atoms with van der Waals surface area (Å²) in [6, 6.07) is 12.1. The predicted octanol–water partition coefficient (Wildman–Crippen LogP) is 0.0662. The van der Waals surface area contributed by atoms with Gasteiger partial charge >= 0.3 is 15.6 Å². The molecule has 18 rings (SSSR count). The van der Waals surface area contributed by atoms with Gasteiger partial charge in [-0.05, 0) is 44.8 Å². The first kappa shape index (κ1) is 81.9. The van der Waals surface area contributed by atoms with Crippen molar-refractivity contribution in [2.45, 2.75) is 136 Å². The van der Waals surface area contributed by atoms with Gasteiger partial charge in [0, 0.05) is 48.1 Å². The van der Waals surface area contributed by atoms with Gasteiger partial charge in [-0.15, -0.1) is 10.2 Å². The number of nitrogens with one attached hydrogen (secondary N) is 4. The van der Waals surface area contributed by atoms with Crippen LogP contribution in [0, 0.1) is 0 Å². The zero-order chi connectivity index (χ0) is 82.9. The normalized spacial score (nSPS) is 29.8. The van der Waals surface area contributed by atoms with Crippen LogP contribution in [0.25, 0.3) is 44.7 Å². The number of aromatic amines is 4. The standard InChI is InChI=1S/C31H33ClN13O11P.C22H25N13O8.C9H11ClNO4P3/c32-13-3-1-2-12(6-13)15-4-5-52-57(51,56-15)53-9-17-20(22(47)28(55-17)43-10-35-18-24(43)37-30(33)39-26(18)49)45-8-14(41-42-45)7-16-21(46)23(48)29(54-16)44-11-36-19-25(44)38-31(34)40-27(19)50;23-21-27-15-9(17(40)29-21)25-4-33(15)19-13(38)11(8(3-36)43-19)35-2-6(31-32-35)1-7-12(37)14(39)20(42-7)34-5-26-10-16(34)28-22(24)30-18(10)41;10-8-3-1-2-7(6-8)9-4-5-13-18(12,14-9)15-17-11-16/h1-3,6,8,10-11,15-17,20-23,28-29,46-48H,4-5,7,9H2,(H3,33,37,39,49)(H3,34,38,40,50);2,4-5,7-8,11-14,19-20,36-39H,1,3H2,(H3,23,27,29,40)(H3,24,28,30,41);1-3,6,9H,4-5,16H2/t15-,16-,17-,20-,21-,22-,23-,28-,29-,57?;7-,8-,11-,12-,13-,14-,19-,20-;/m11./s1. The van der Waals surface area contributed by atoms with Crippen LogP contribution in [0.1, 0.15) is 84.6 Å². The minimum atomic E-state index is -4.20. The third-order valence-corrected chi connectivity index (χ3v) is 24.2. The second-order valence-electron chi connectivity index (χ2n) is 27.3. The number of aliphatic hydroxyl groups excluding tert-OH is 7. The van der Waals surface area contributed by atoms with Crippen LogP contribution >= 0.6 is 56.8 Å². The number of nitrogens with zero attached hydrogens (tertiary/aromatic N) is 19. The molecular formula is C62H69Cl2N27O23P4. The topological polar surface area (TPSA) is 700 Å². The molecule has 118 heavy (non-hydrogen) atoms. The van der Waals surface area contributed by atoms with Crippen molar-refractivity contribution >= 4 is 125 Å². The summed E-state index contributed by atoms with van der Waals surface area (Å²) in [6.07, 6.45) is -9.30. The van der Waals surface area contributed by atoms with Crippen LogP contribution < -0.4 is 45.2 Å². The van der Waals surface area contributed by atoms with Gasteiger partial charge in [0.2, 0.25) is 23.8 Å². The molecule has 10 aromatic heterocycles. The maximum absolute atomic E-state index is 13.8. The van der Waals surface area contributed by atoms with Crippen LogP contribution in [0.3, 0.4) is 0 Å². The van der Waals surface area contributed by atoms with Gasteiger partial charge < -0.3 is 77.6 Å². The van der Waals surface area contributed by atoms with E-state index in [0.717, 1.165) is 5.56 Å². The van der Waals surface area contributed by atoms with Crippen molar-refractivity contribution in [3.63, 3.8) is 0 Å². The highest BCUT2D eigenvalue weighted by atomic mass is 35.5. The first-order valence-corrected chi connectivity index (χ1v) is 40.4. The Kier molecular flexibility index (Phi) is 23.2. The molecule has 6 saturated heterocycles. The van der Waals surface area contributed by atoms with Crippen molar-refractivity contribution in [1.82, 2.24) is 108 Å². The highest BCUT2D eigenvalue weighted by molar-refractivity contribution is 7.55. The lowest BCUT2D eigenvalue weighted by Gasteiger charge is -2.30. The van der Waals surface area contributed by atoms with E-state index in [9.17, 15) is 64.1 Å². The van der Waals surface area contributed by atoms with Crippen molar-refractivity contribution < 1.29 is 90.8 Å². The number of hydrogen-bond acceptors (Lipinski definition) is 40. The highest BCUT2D eigenvalue weighted by Gasteiger charge is 2.52. The minimum absolute atomic E-state index is 0.00741. The average Bonchev–Trinajstić information content (AvgIpc) is 1.62. The molecule has 0 aliphatic carbocycles. The molecule has 0 amide bonds. The summed E-state index contributed by atoms with van der Waals surface area (Å²) in [5.74, 6) is -0.682. The number of aromatic nitrogens is 22. The van der Waals surface area contributed by atoms with E-state index in [4.69, 9.17) is 92.0 Å². The minimum Gasteiger partial charge on any atom is -0.394 e. The summed E-state index contributed by atoms with van der Waals surface area (Å²) in [5, 5.41) is 94.3. The number of fused-ring (bicyclic) bond motifs is 4. The molecule has 6 aliphatic rings. The highest BCUT2D eigenvalue weighted by Crippen LogP contribution is 2.60. The lowest BCUT2D eigenvalue weighted by molar-refractivity contribution is -0.0552. The number of phosphoric ester groups is 2. The number of nitrogen functional groups attached to an aromatic ring is 4. The van der Waals surface area contributed by atoms with Gasteiger partial charge in [0.25, 0.3) is 22.2 Å². The fourth-order valence-electron chi connectivity index (χ4n) is 14.4. The summed E-state index contributed by atoms with van der Waals surface area (Å²) in [7, 11) is -5.43. The Morgan fingerprint density at radius 2 is 0.890 bits per heavy atom. The summed E-state index contributed by atoms with van der Waals surface area (Å²) in [6.45, 7) is -0.585. The maximum atomic E-state index is 13.8. The van der Waals surface area contributed by atoms with E-state index in [1.165, 1.54) is 65.3 Å². The Labute approximate surface area is 671 Å². The second-order valence-corrected chi connectivity index (χ2v) is 32.9. The molecule has 19 N–H and O–H groups in total. The Balaban J connectivity index is 0.000000149. The Hall–Kier alpha value is -9.79. The molecule has 0 bridgehead atoms. The molecule has 0 radical (unpaired) electrons. The van der Waals surface area contributed by atoms with Crippen LogP contribution in [-0.4, -0.2) is 231 Å². The maximum Gasteiger partial charge on any atom is 0.484 e. The molecule has 16 heterocycles. The fourth-order valence-corrected chi connectivity index (χ4v) is 18.3. The van der Waals surface area contributed by atoms with Crippen molar-refractivity contribution in [3.8, 4) is 0 Å². The lowest BCUT2D eigenvalue weighted by Crippen LogP contribution is -2.33. The summed E-state index contributed by atoms with van der Waals surface area (Å²) < 4.78 is 94.0. The molecule has 6 fully saturated rings. The third-order valence-electron chi connectivity index (χ3n) is 19.8. The number of anilines is 4. The van der Waals surface area contributed by atoms with Crippen molar-refractivity contribution in [2.24, 2.45) is 4.52 Å². The Morgan fingerprint density at radius 1 is 0.525 bits per heavy atom. The van der Waals surface area contributed by atoms with Gasteiger partial charge in [-0.25, -0.2) is 47.3 Å². The van der Waals surface area contributed by atoms with Gasteiger partial charge in [-0.1, -0.05) is 57.9 Å². The molecule has 4 unspecified atom stereocenters. The van der Waals surface area contributed by atoms with Crippen molar-refractivity contribution in [2.75, 3.05) is 49.4 Å². The zero-order valence-corrected chi connectivity index (χ0v) is 65.6. The first-order valence-electron chi connectivity index (χ1n) is 35.4. The second kappa shape index (κ2) is 33.4. The van der Waals surface area contributed by atoms with Crippen molar-refractivity contribution in [1.29, 1.82) is 0 Å². The number of nitrogens with two attached hydrogens (primary N) is 4. The number of ether oxygens (including phenoxy) is 4. The van der Waals surface area contributed by atoms with E-state index in [-0.39, 0.29) is 108 Å². The Morgan fingerprint density at radius 3 is 1.28 bits per heavy atom. The van der Waals surface area contributed by atoms with Crippen LogP contribution in [0.4, 0.5) is 23.8 Å². The number of H-pyrrole nitrogens is 4. The van der Waals surface area contributed by atoms with Crippen LogP contribution in [0.2, 0.25) is 10.0 Å². The molecule has 6 aliphatic heterocycles. The quantitative estimate of drug-likeness (QED) is 0.0505. The van der Waals surface area contributed by atoms with Gasteiger partial charge in [0.15, 0.2) is 78.2 Å².